The molecule has 0 radical (unpaired) electrons. The van der Waals surface area contributed by atoms with E-state index >= 15 is 0 Å². The van der Waals surface area contributed by atoms with Crippen LogP contribution in [0.25, 0.3) is 16.7 Å². The van der Waals surface area contributed by atoms with Crippen molar-refractivity contribution in [3.8, 4) is 5.69 Å². The Morgan fingerprint density at radius 2 is 1.93 bits per heavy atom. The van der Waals surface area contributed by atoms with Crippen molar-refractivity contribution < 1.29 is 4.79 Å². The molecule has 2 aromatic heterocycles. The Morgan fingerprint density at radius 3 is 2.63 bits per heavy atom. The van der Waals surface area contributed by atoms with Crippen LogP contribution in [0.4, 0.5) is 0 Å². The van der Waals surface area contributed by atoms with Crippen molar-refractivity contribution in [3.63, 3.8) is 0 Å². The van der Waals surface area contributed by atoms with E-state index in [2.05, 4.69) is 17.0 Å². The number of amides is 1. The van der Waals surface area contributed by atoms with E-state index in [0.717, 1.165) is 36.2 Å². The summed E-state index contributed by atoms with van der Waals surface area (Å²) < 4.78 is 1.79. The maximum Gasteiger partial charge on any atom is 0.257 e. The fourth-order valence-corrected chi connectivity index (χ4v) is 4.13. The number of aryl methyl sites for hydroxylation is 2. The van der Waals surface area contributed by atoms with Gasteiger partial charge in [-0.05, 0) is 52.2 Å². The molecule has 0 aliphatic carbocycles. The van der Waals surface area contributed by atoms with Gasteiger partial charge in [-0.25, -0.2) is 9.67 Å². The third-order valence-corrected chi connectivity index (χ3v) is 5.77. The van der Waals surface area contributed by atoms with Gasteiger partial charge in [0.1, 0.15) is 0 Å². The summed E-state index contributed by atoms with van der Waals surface area (Å²) in [7, 11) is 0. The number of nitrogens with zero attached hydrogens (tertiary/aromatic N) is 4. The smallest absolute Gasteiger partial charge is 0.257 e. The zero-order valence-corrected chi connectivity index (χ0v) is 16.6. The molecule has 1 atom stereocenters. The van der Waals surface area contributed by atoms with Gasteiger partial charge in [0.15, 0.2) is 5.65 Å². The molecule has 1 saturated heterocycles. The van der Waals surface area contributed by atoms with Crippen LogP contribution >= 0.6 is 11.6 Å². The zero-order chi connectivity index (χ0) is 19.1. The van der Waals surface area contributed by atoms with Gasteiger partial charge in [0.2, 0.25) is 0 Å². The summed E-state index contributed by atoms with van der Waals surface area (Å²) >= 11 is 6.69. The number of halogens is 1. The van der Waals surface area contributed by atoms with E-state index in [1.54, 1.807) is 10.9 Å². The average Bonchev–Trinajstić information content (AvgIpc) is 3.00. The molecule has 0 unspecified atom stereocenters. The molecule has 1 aliphatic rings. The lowest BCUT2D eigenvalue weighted by molar-refractivity contribution is 0.0635. The predicted octanol–water partition coefficient (Wildman–Crippen LogP) is 4.71. The predicted molar refractivity (Wildman–Crippen MR) is 108 cm³/mol. The molecule has 1 aromatic carbocycles. The Morgan fingerprint density at radius 1 is 1.19 bits per heavy atom. The number of piperidine rings is 1. The lowest BCUT2D eigenvalue weighted by Crippen LogP contribution is -2.42. The summed E-state index contributed by atoms with van der Waals surface area (Å²) in [6.07, 6.45) is 4.83. The largest absolute Gasteiger partial charge is 0.336 e. The SMILES string of the molecule is Cc1ccc(-n2nc(C)c3c(Cl)c(C(=O)N4CCCC[C@H]4C)cnc32)cc1. The van der Waals surface area contributed by atoms with Gasteiger partial charge < -0.3 is 4.90 Å². The van der Waals surface area contributed by atoms with Crippen LogP contribution in [0.1, 0.15) is 47.8 Å². The molecular formula is C21H23ClN4O. The number of fused-ring (bicyclic) bond motifs is 1. The summed E-state index contributed by atoms with van der Waals surface area (Å²) in [5.74, 6) is -0.0379. The molecule has 27 heavy (non-hydrogen) atoms. The number of carbonyl (C=O) groups excluding carboxylic acids is 1. The van der Waals surface area contributed by atoms with Gasteiger partial charge in [0.05, 0.1) is 27.4 Å². The van der Waals surface area contributed by atoms with E-state index in [1.165, 1.54) is 12.0 Å². The zero-order valence-electron chi connectivity index (χ0n) is 15.9. The number of pyridine rings is 1. The molecule has 0 saturated carbocycles. The Bertz CT molecular complexity index is 1010. The number of likely N-dealkylation sites (tertiary alicyclic amines) is 1. The molecule has 3 heterocycles. The summed E-state index contributed by atoms with van der Waals surface area (Å²) in [5, 5.41) is 5.81. The van der Waals surface area contributed by atoms with Gasteiger partial charge in [0, 0.05) is 18.8 Å². The number of hydrogen-bond acceptors (Lipinski definition) is 3. The first kappa shape index (κ1) is 18.0. The van der Waals surface area contributed by atoms with Crippen LogP contribution in [-0.4, -0.2) is 38.2 Å². The lowest BCUT2D eigenvalue weighted by atomic mass is 10.0. The third kappa shape index (κ3) is 3.10. The van der Waals surface area contributed by atoms with Gasteiger partial charge in [-0.15, -0.1) is 0 Å². The molecule has 6 heteroatoms. The van der Waals surface area contributed by atoms with E-state index in [0.29, 0.717) is 16.2 Å². The van der Waals surface area contributed by atoms with E-state index in [9.17, 15) is 4.79 Å². The molecule has 0 bridgehead atoms. The van der Waals surface area contributed by atoms with Crippen molar-refractivity contribution in [2.75, 3.05) is 6.54 Å². The van der Waals surface area contributed by atoms with Gasteiger partial charge in [-0.1, -0.05) is 29.3 Å². The Balaban J connectivity index is 1.80. The number of benzene rings is 1. The highest BCUT2D eigenvalue weighted by molar-refractivity contribution is 6.38. The van der Waals surface area contributed by atoms with E-state index in [1.807, 2.05) is 43.0 Å². The first-order valence-corrected chi connectivity index (χ1v) is 9.77. The molecular weight excluding hydrogens is 360 g/mol. The molecule has 140 valence electrons. The van der Waals surface area contributed by atoms with Crippen molar-refractivity contribution in [1.29, 1.82) is 0 Å². The third-order valence-electron chi connectivity index (χ3n) is 5.38. The average molecular weight is 383 g/mol. The number of rotatable bonds is 2. The van der Waals surface area contributed by atoms with Gasteiger partial charge >= 0.3 is 0 Å². The van der Waals surface area contributed by atoms with E-state index in [-0.39, 0.29) is 11.9 Å². The second-order valence-corrected chi connectivity index (χ2v) is 7.74. The van der Waals surface area contributed by atoms with E-state index < -0.39 is 0 Å². The van der Waals surface area contributed by atoms with Crippen LogP contribution in [-0.2, 0) is 0 Å². The second-order valence-electron chi connectivity index (χ2n) is 7.36. The minimum Gasteiger partial charge on any atom is -0.336 e. The first-order chi connectivity index (χ1) is 13.0. The normalized spacial score (nSPS) is 17.5. The van der Waals surface area contributed by atoms with Crippen molar-refractivity contribution in [3.05, 3.63) is 52.3 Å². The quantitative estimate of drug-likeness (QED) is 0.645. The fraction of sp³-hybridized carbons (Fsp3) is 0.381. The van der Waals surface area contributed by atoms with Crippen LogP contribution < -0.4 is 0 Å². The maximum atomic E-state index is 13.1. The molecule has 1 aliphatic heterocycles. The van der Waals surface area contributed by atoms with Crippen molar-refractivity contribution >= 4 is 28.5 Å². The minimum absolute atomic E-state index is 0.0379. The highest BCUT2D eigenvalue weighted by Gasteiger charge is 2.27. The minimum atomic E-state index is -0.0379. The molecule has 0 spiro atoms. The van der Waals surface area contributed by atoms with Gasteiger partial charge in [-0.3, -0.25) is 4.79 Å². The van der Waals surface area contributed by atoms with Gasteiger partial charge in [-0.2, -0.15) is 5.10 Å². The van der Waals surface area contributed by atoms with Crippen LogP contribution in [0.15, 0.2) is 30.5 Å². The van der Waals surface area contributed by atoms with Crippen LogP contribution in [0, 0.1) is 13.8 Å². The topological polar surface area (TPSA) is 51.0 Å². The molecule has 5 nitrogen and oxygen atoms in total. The molecule has 1 fully saturated rings. The van der Waals surface area contributed by atoms with Crippen molar-refractivity contribution in [2.24, 2.45) is 0 Å². The standard InChI is InChI=1S/C21H23ClN4O/c1-13-7-9-16(10-8-13)26-20-18(15(3)24-26)19(22)17(12-23-20)21(27)25-11-5-4-6-14(25)2/h7-10,12,14H,4-6,11H2,1-3H3/t14-/m1/s1. The molecule has 3 aromatic rings. The van der Waals surface area contributed by atoms with Crippen LogP contribution in [0.2, 0.25) is 5.02 Å². The molecule has 1 amide bonds. The summed E-state index contributed by atoms with van der Waals surface area (Å²) in [6, 6.07) is 8.32. The number of aromatic nitrogens is 3. The van der Waals surface area contributed by atoms with Crippen LogP contribution in [0.5, 0.6) is 0 Å². The summed E-state index contributed by atoms with van der Waals surface area (Å²) in [4.78, 5) is 19.6. The highest BCUT2D eigenvalue weighted by atomic mass is 35.5. The summed E-state index contributed by atoms with van der Waals surface area (Å²) in [6.45, 7) is 6.82. The van der Waals surface area contributed by atoms with Crippen molar-refractivity contribution in [2.45, 2.75) is 46.1 Å². The Kier molecular flexibility index (Phi) is 4.64. The maximum absolute atomic E-state index is 13.1. The fourth-order valence-electron chi connectivity index (χ4n) is 3.78. The summed E-state index contributed by atoms with van der Waals surface area (Å²) in [5.41, 5.74) is 4.01. The monoisotopic (exact) mass is 382 g/mol. The Hall–Kier alpha value is -2.40. The number of carbonyl (C=O) groups is 1. The number of hydrogen-bond donors (Lipinski definition) is 0. The van der Waals surface area contributed by atoms with E-state index in [4.69, 9.17) is 11.6 Å². The lowest BCUT2D eigenvalue weighted by Gasteiger charge is -2.33. The first-order valence-electron chi connectivity index (χ1n) is 9.39. The highest BCUT2D eigenvalue weighted by Crippen LogP contribution is 2.31. The molecule has 0 N–H and O–H groups in total. The van der Waals surface area contributed by atoms with Crippen LogP contribution in [0.3, 0.4) is 0 Å². The second kappa shape index (κ2) is 6.97. The molecule has 4 rings (SSSR count). The Labute approximate surface area is 164 Å². The van der Waals surface area contributed by atoms with Crippen molar-refractivity contribution in [1.82, 2.24) is 19.7 Å². The van der Waals surface area contributed by atoms with Gasteiger partial charge in [0.25, 0.3) is 5.91 Å².